The van der Waals surface area contributed by atoms with E-state index in [9.17, 15) is 4.79 Å². The summed E-state index contributed by atoms with van der Waals surface area (Å²) in [7, 11) is 1.97. The van der Waals surface area contributed by atoms with Crippen LogP contribution in [0.1, 0.15) is 5.56 Å². The molecule has 11 heteroatoms. The highest BCUT2D eigenvalue weighted by Gasteiger charge is 2.35. The number of benzene rings is 2. The lowest BCUT2D eigenvalue weighted by molar-refractivity contribution is -0.127. The average Bonchev–Trinajstić information content (AvgIpc) is 3.36. The van der Waals surface area contributed by atoms with Crippen LogP contribution in [-0.4, -0.2) is 67.6 Å². The first-order valence-electron chi connectivity index (χ1n) is 13.4. The van der Waals surface area contributed by atoms with Gasteiger partial charge >= 0.3 is 0 Å². The number of aromatic nitrogens is 5. The Labute approximate surface area is 236 Å². The molecule has 2 aliphatic heterocycles. The van der Waals surface area contributed by atoms with Gasteiger partial charge in [0, 0.05) is 44.5 Å². The van der Waals surface area contributed by atoms with Crippen LogP contribution in [0.15, 0.2) is 67.8 Å². The number of piperazine rings is 1. The Bertz CT molecular complexity index is 1830. The molecule has 5 heterocycles. The van der Waals surface area contributed by atoms with Gasteiger partial charge in [0.1, 0.15) is 29.9 Å². The van der Waals surface area contributed by atoms with Crippen LogP contribution >= 0.6 is 0 Å². The van der Waals surface area contributed by atoms with E-state index in [4.69, 9.17) is 14.5 Å². The van der Waals surface area contributed by atoms with Crippen LogP contribution in [0.3, 0.4) is 0 Å². The zero-order chi connectivity index (χ0) is 28.1. The van der Waals surface area contributed by atoms with E-state index in [-0.39, 0.29) is 11.9 Å². The Kier molecular flexibility index (Phi) is 5.92. The third-order valence-corrected chi connectivity index (χ3v) is 7.59. The fourth-order valence-corrected chi connectivity index (χ4v) is 5.44. The van der Waals surface area contributed by atoms with Gasteiger partial charge < -0.3 is 29.2 Å². The summed E-state index contributed by atoms with van der Waals surface area (Å²) in [5, 5.41) is 3.41. The molecule has 5 aromatic rings. The molecule has 0 saturated carbocycles. The number of fused-ring (bicyclic) bond motifs is 5. The number of pyridine rings is 1. The number of anilines is 3. The van der Waals surface area contributed by atoms with Crippen molar-refractivity contribution >= 4 is 45.3 Å². The molecule has 0 radical (unpaired) electrons. The largest absolute Gasteiger partial charge is 0.487 e. The first-order chi connectivity index (χ1) is 20.0. The third-order valence-electron chi connectivity index (χ3n) is 7.59. The summed E-state index contributed by atoms with van der Waals surface area (Å²) < 4.78 is 14.2. The van der Waals surface area contributed by atoms with Gasteiger partial charge in [-0.05, 0) is 48.9 Å². The van der Waals surface area contributed by atoms with Gasteiger partial charge in [-0.3, -0.25) is 4.79 Å². The number of carbonyl (C=O) groups is 1. The number of hydrogen-bond donors (Lipinski definition) is 1. The van der Waals surface area contributed by atoms with Crippen LogP contribution in [0.5, 0.6) is 17.2 Å². The Morgan fingerprint density at radius 2 is 2.02 bits per heavy atom. The van der Waals surface area contributed by atoms with E-state index in [1.165, 1.54) is 12.4 Å². The summed E-state index contributed by atoms with van der Waals surface area (Å²) in [5.74, 6) is 3.43. The SMILES string of the molecule is C=CC(=O)N1CCN2c3nc4c(Nc5ccc(Oc6ccc7c(c6)ncn7C)c(C)c5)ncnc4cc3OCC2C1. The van der Waals surface area contributed by atoms with Gasteiger partial charge in [0.15, 0.2) is 17.4 Å². The van der Waals surface area contributed by atoms with E-state index in [1.807, 2.05) is 61.0 Å². The highest BCUT2D eigenvalue weighted by Crippen LogP contribution is 2.37. The van der Waals surface area contributed by atoms with Crippen molar-refractivity contribution < 1.29 is 14.3 Å². The zero-order valence-corrected chi connectivity index (χ0v) is 22.7. The van der Waals surface area contributed by atoms with Crippen molar-refractivity contribution in [3.8, 4) is 17.2 Å². The van der Waals surface area contributed by atoms with Crippen molar-refractivity contribution in [3.05, 3.63) is 73.3 Å². The van der Waals surface area contributed by atoms with Crippen LogP contribution in [-0.2, 0) is 11.8 Å². The van der Waals surface area contributed by atoms with E-state index < -0.39 is 0 Å². The van der Waals surface area contributed by atoms with Crippen molar-refractivity contribution in [1.29, 1.82) is 0 Å². The van der Waals surface area contributed by atoms with E-state index in [2.05, 4.69) is 31.7 Å². The summed E-state index contributed by atoms with van der Waals surface area (Å²) in [5.41, 5.74) is 5.06. The molecule has 41 heavy (non-hydrogen) atoms. The predicted octanol–water partition coefficient (Wildman–Crippen LogP) is 4.35. The van der Waals surface area contributed by atoms with E-state index in [0.29, 0.717) is 48.8 Å². The number of amides is 1. The number of aryl methyl sites for hydroxylation is 2. The number of carbonyl (C=O) groups excluding carboxylic acids is 1. The molecule has 2 aliphatic rings. The summed E-state index contributed by atoms with van der Waals surface area (Å²) in [6.07, 6.45) is 4.66. The standard InChI is InChI=1S/C30H28N8O3/c1-4-27(39)37-9-10-38-20(14-37)15-40-26-13-23-28(35-30(26)38)29(32-16-31-23)34-19-5-8-25(18(2)11-19)41-21-6-7-24-22(12-21)33-17-36(24)3/h4-8,11-13,16-17,20H,1,9-10,14-15H2,2-3H3,(H,31,32,34). The molecule has 11 nitrogen and oxygen atoms in total. The lowest BCUT2D eigenvalue weighted by Crippen LogP contribution is -2.58. The van der Waals surface area contributed by atoms with Gasteiger partial charge in [-0.1, -0.05) is 6.58 Å². The van der Waals surface area contributed by atoms with Crippen LogP contribution < -0.4 is 19.7 Å². The minimum atomic E-state index is -0.0669. The van der Waals surface area contributed by atoms with Crippen LogP contribution in [0.25, 0.3) is 22.1 Å². The molecule has 1 N–H and O–H groups in total. The molecule has 3 aromatic heterocycles. The molecule has 7 rings (SSSR count). The van der Waals surface area contributed by atoms with Gasteiger partial charge in [0.2, 0.25) is 5.91 Å². The highest BCUT2D eigenvalue weighted by atomic mass is 16.5. The van der Waals surface area contributed by atoms with Gasteiger partial charge in [-0.2, -0.15) is 0 Å². The van der Waals surface area contributed by atoms with Gasteiger partial charge in [-0.15, -0.1) is 0 Å². The second-order valence-corrected chi connectivity index (χ2v) is 10.3. The third kappa shape index (κ3) is 4.45. The maximum absolute atomic E-state index is 12.2. The summed E-state index contributed by atoms with van der Waals surface area (Å²) >= 11 is 0. The first-order valence-corrected chi connectivity index (χ1v) is 13.4. The second-order valence-electron chi connectivity index (χ2n) is 10.3. The van der Waals surface area contributed by atoms with Crippen LogP contribution in [0, 0.1) is 6.92 Å². The Morgan fingerprint density at radius 3 is 2.88 bits per heavy atom. The second kappa shape index (κ2) is 9.77. The number of nitrogens with one attached hydrogen (secondary N) is 1. The Morgan fingerprint density at radius 1 is 1.12 bits per heavy atom. The molecular formula is C30H28N8O3. The number of nitrogens with zero attached hydrogens (tertiary/aromatic N) is 7. The predicted molar refractivity (Wildman–Crippen MR) is 156 cm³/mol. The van der Waals surface area contributed by atoms with Crippen molar-refractivity contribution in [2.24, 2.45) is 7.05 Å². The molecule has 206 valence electrons. The molecule has 1 fully saturated rings. The maximum atomic E-state index is 12.2. The quantitative estimate of drug-likeness (QED) is 0.321. The first kappa shape index (κ1) is 24.8. The van der Waals surface area contributed by atoms with E-state index in [0.717, 1.165) is 39.6 Å². The van der Waals surface area contributed by atoms with Crippen molar-refractivity contribution in [1.82, 2.24) is 29.4 Å². The Balaban J connectivity index is 1.14. The number of rotatable bonds is 5. The monoisotopic (exact) mass is 548 g/mol. The molecule has 1 atom stereocenters. The molecular weight excluding hydrogens is 520 g/mol. The fraction of sp³-hybridized carbons (Fsp3) is 0.233. The smallest absolute Gasteiger partial charge is 0.246 e. The molecule has 2 aromatic carbocycles. The molecule has 1 unspecified atom stereocenters. The summed E-state index contributed by atoms with van der Waals surface area (Å²) in [6, 6.07) is 13.7. The van der Waals surface area contributed by atoms with Crippen molar-refractivity contribution in [2.75, 3.05) is 36.5 Å². The van der Waals surface area contributed by atoms with Crippen molar-refractivity contribution in [2.45, 2.75) is 13.0 Å². The lowest BCUT2D eigenvalue weighted by Gasteiger charge is -2.44. The van der Waals surface area contributed by atoms with Crippen molar-refractivity contribution in [3.63, 3.8) is 0 Å². The number of imidazole rings is 1. The van der Waals surface area contributed by atoms with E-state index in [1.54, 1.807) is 11.2 Å². The minimum Gasteiger partial charge on any atom is -0.487 e. The minimum absolute atomic E-state index is 0.0136. The van der Waals surface area contributed by atoms with Gasteiger partial charge in [0.05, 0.1) is 28.9 Å². The molecule has 1 amide bonds. The topological polar surface area (TPSA) is 111 Å². The highest BCUT2D eigenvalue weighted by molar-refractivity contribution is 5.90. The van der Waals surface area contributed by atoms with Gasteiger partial charge in [0.25, 0.3) is 0 Å². The van der Waals surface area contributed by atoms with Crippen LogP contribution in [0.4, 0.5) is 17.3 Å². The van der Waals surface area contributed by atoms with Gasteiger partial charge in [-0.25, -0.2) is 19.9 Å². The zero-order valence-electron chi connectivity index (χ0n) is 22.7. The van der Waals surface area contributed by atoms with Crippen LogP contribution in [0.2, 0.25) is 0 Å². The normalized spacial score (nSPS) is 16.2. The summed E-state index contributed by atoms with van der Waals surface area (Å²) in [4.78, 5) is 34.5. The Hall–Kier alpha value is -5.19. The maximum Gasteiger partial charge on any atom is 0.246 e. The number of hydrogen-bond acceptors (Lipinski definition) is 9. The molecule has 0 bridgehead atoms. The molecule has 1 saturated heterocycles. The fourth-order valence-electron chi connectivity index (χ4n) is 5.44. The molecule has 0 aliphatic carbocycles. The molecule has 0 spiro atoms. The lowest BCUT2D eigenvalue weighted by atomic mass is 10.1. The summed E-state index contributed by atoms with van der Waals surface area (Å²) in [6.45, 7) is 7.90. The average molecular weight is 549 g/mol. The van der Waals surface area contributed by atoms with E-state index >= 15 is 0 Å². The number of ether oxygens (including phenoxy) is 2.